The van der Waals surface area contributed by atoms with E-state index in [0.29, 0.717) is 0 Å². The average molecular weight is 113 g/mol. The second-order valence-corrected chi connectivity index (χ2v) is 0.802. The standard InChI is InChI=1S/Al.ClH.O.H2S/h;1H;;1H2/q+1;;;/p-1. The first-order valence-electron chi connectivity index (χ1n) is 0.454. The molecular weight excluding hydrogens is 111 g/mol. The van der Waals surface area contributed by atoms with Gasteiger partial charge in [0.05, 0.1) is 0 Å². The van der Waals surface area contributed by atoms with Crippen LogP contribution in [-0.4, -0.2) is 14.2 Å². The maximum atomic E-state index is 8.78. The van der Waals surface area contributed by atoms with Crippen molar-refractivity contribution in [3.05, 3.63) is 0 Å². The van der Waals surface area contributed by atoms with Gasteiger partial charge in [-0.2, -0.15) is 13.5 Å². The summed E-state index contributed by atoms with van der Waals surface area (Å²) in [5.41, 5.74) is 0. The third-order valence-corrected chi connectivity index (χ3v) is 0. The first kappa shape index (κ1) is 8.88. The summed E-state index contributed by atoms with van der Waals surface area (Å²) in [6.07, 6.45) is 0. The summed E-state index contributed by atoms with van der Waals surface area (Å²) in [7, 11) is 4.53. The van der Waals surface area contributed by atoms with E-state index in [1.54, 1.807) is 0 Å². The summed E-state index contributed by atoms with van der Waals surface area (Å²) >= 11 is -1.03. The van der Waals surface area contributed by atoms with Gasteiger partial charge in [-0.1, -0.05) is 0 Å². The monoisotopic (exact) mass is 112 g/mol. The fraction of sp³-hybridized carbons (Fsp3) is 0. The van der Waals surface area contributed by atoms with Crippen LogP contribution in [0.3, 0.4) is 0 Å². The van der Waals surface area contributed by atoms with Gasteiger partial charge in [-0.15, -0.1) is 0 Å². The Balaban J connectivity index is 0. The Hall–Kier alpha value is 0.972. The molecule has 0 aromatic carbocycles. The normalized spacial score (nSPS) is 2.25. The Morgan fingerprint density at radius 1 is 1.75 bits per heavy atom. The maximum absolute atomic E-state index is 8.78. The number of hydrogen-bond acceptors (Lipinski definition) is 1. The van der Waals surface area contributed by atoms with E-state index in [2.05, 4.69) is 10.0 Å². The molecule has 0 rings (SSSR count). The van der Waals surface area contributed by atoms with E-state index < -0.39 is 14.2 Å². The zero-order valence-corrected chi connectivity index (χ0v) is 4.77. The Kier molecular flexibility index (Phi) is 20.0. The summed E-state index contributed by atoms with van der Waals surface area (Å²) in [6, 6.07) is 0. The topological polar surface area (TPSA) is 17.1 Å². The van der Waals surface area contributed by atoms with Gasteiger partial charge in [0.2, 0.25) is 0 Å². The first-order valence-corrected chi connectivity index (χ1v) is 2.67. The molecule has 4 heavy (non-hydrogen) atoms. The average Bonchev–Trinajstić information content (AvgIpc) is 0.918. The van der Waals surface area contributed by atoms with Crippen LogP contribution in [0.25, 0.3) is 0 Å². The molecule has 4 heteroatoms. The van der Waals surface area contributed by atoms with E-state index in [-0.39, 0.29) is 13.5 Å². The van der Waals surface area contributed by atoms with Gasteiger partial charge in [-0.25, -0.2) is 0 Å². The van der Waals surface area contributed by atoms with Crippen LogP contribution in [0.2, 0.25) is 0 Å². The van der Waals surface area contributed by atoms with Crippen molar-refractivity contribution in [1.29, 1.82) is 0 Å². The van der Waals surface area contributed by atoms with Crippen LogP contribution in [-0.2, 0) is 3.80 Å². The van der Waals surface area contributed by atoms with Gasteiger partial charge in [-0.05, 0) is 0 Å². The molecule has 1 nitrogen and oxygen atoms in total. The second kappa shape index (κ2) is 9.02. The molecule has 0 aliphatic heterocycles. The minimum absolute atomic E-state index is 0. The van der Waals surface area contributed by atoms with Gasteiger partial charge < -0.3 is 0 Å². The van der Waals surface area contributed by atoms with Crippen LogP contribution in [0.5, 0.6) is 0 Å². The summed E-state index contributed by atoms with van der Waals surface area (Å²) in [5, 5.41) is 0. The fourth-order valence-corrected chi connectivity index (χ4v) is 0. The summed E-state index contributed by atoms with van der Waals surface area (Å²) in [6.45, 7) is 0. The van der Waals surface area contributed by atoms with Crippen LogP contribution in [0.15, 0.2) is 0 Å². The van der Waals surface area contributed by atoms with Crippen LogP contribution in [0.1, 0.15) is 0 Å². The van der Waals surface area contributed by atoms with Gasteiger partial charge in [0.25, 0.3) is 0 Å². The summed E-state index contributed by atoms with van der Waals surface area (Å²) in [4.78, 5) is 0. The molecule has 0 N–H and O–H groups in total. The van der Waals surface area contributed by atoms with Crippen LogP contribution in [0, 0.1) is 0 Å². The zero-order chi connectivity index (χ0) is 2.71. The summed E-state index contributed by atoms with van der Waals surface area (Å²) in [5.74, 6) is 0. The van der Waals surface area contributed by atoms with E-state index in [1.165, 1.54) is 0 Å². The quantitative estimate of drug-likeness (QED) is 0.412. The van der Waals surface area contributed by atoms with Gasteiger partial charge in [-0.3, -0.25) is 0 Å². The first-order chi connectivity index (χ1) is 1.41. The molecule has 0 radical (unpaired) electrons. The van der Waals surface area contributed by atoms with Gasteiger partial charge >= 0.3 is 28.1 Å². The third-order valence-electron chi connectivity index (χ3n) is 0. The Morgan fingerprint density at radius 2 is 1.75 bits per heavy atom. The van der Waals surface area contributed by atoms with E-state index in [1.807, 2.05) is 0 Å². The Bertz CT molecular complexity index is 15.5. The van der Waals surface area contributed by atoms with Crippen molar-refractivity contribution in [2.45, 2.75) is 0 Å². The van der Waals surface area contributed by atoms with Crippen LogP contribution >= 0.6 is 23.5 Å². The molecule has 0 aromatic heterocycles. The molecule has 0 fully saturated rings. The fourth-order valence-electron chi connectivity index (χ4n) is 0. The van der Waals surface area contributed by atoms with E-state index in [9.17, 15) is 0 Å². The van der Waals surface area contributed by atoms with Crippen LogP contribution in [0.4, 0.5) is 0 Å². The molecule has 0 atom stereocenters. The predicted molar refractivity (Wildman–Crippen MR) is 22.7 cm³/mol. The van der Waals surface area contributed by atoms with Crippen molar-refractivity contribution < 1.29 is 3.80 Å². The van der Waals surface area contributed by atoms with Crippen molar-refractivity contribution in [3.8, 4) is 0 Å². The SMILES string of the molecule is S.[O]=[Al][Cl]. The molecule has 0 aromatic rings. The van der Waals surface area contributed by atoms with E-state index in [0.717, 1.165) is 0 Å². The molecular formula is H2AlClOS. The predicted octanol–water partition coefficient (Wildman–Crippen LogP) is 0.303. The number of halogens is 1. The molecule has 0 heterocycles. The molecule has 0 bridgehead atoms. The molecule has 24 valence electrons. The molecule has 0 amide bonds. The molecule has 0 saturated heterocycles. The van der Waals surface area contributed by atoms with Crippen molar-refractivity contribution in [2.75, 3.05) is 0 Å². The summed E-state index contributed by atoms with van der Waals surface area (Å²) < 4.78 is 8.78. The molecule has 0 unspecified atom stereocenters. The van der Waals surface area contributed by atoms with Crippen molar-refractivity contribution >= 4 is 37.8 Å². The Morgan fingerprint density at radius 3 is 1.75 bits per heavy atom. The van der Waals surface area contributed by atoms with Gasteiger partial charge in [0.1, 0.15) is 0 Å². The van der Waals surface area contributed by atoms with Crippen molar-refractivity contribution in [2.24, 2.45) is 0 Å². The number of hydrogen-bond donors (Lipinski definition) is 0. The molecule has 0 spiro atoms. The second-order valence-electron chi connectivity index (χ2n) is 0.0891. The van der Waals surface area contributed by atoms with Gasteiger partial charge in [0, 0.05) is 0 Å². The molecule has 0 aliphatic carbocycles. The number of rotatable bonds is 0. The Labute approximate surface area is 41.9 Å². The zero-order valence-electron chi connectivity index (χ0n) is 1.86. The van der Waals surface area contributed by atoms with Gasteiger partial charge in [0.15, 0.2) is 0 Å². The van der Waals surface area contributed by atoms with E-state index in [4.69, 9.17) is 3.80 Å². The molecule has 0 aliphatic rings. The van der Waals surface area contributed by atoms with E-state index >= 15 is 0 Å². The van der Waals surface area contributed by atoms with Crippen molar-refractivity contribution in [1.82, 2.24) is 0 Å². The third kappa shape index (κ3) is 12.2. The van der Waals surface area contributed by atoms with Crippen molar-refractivity contribution in [3.63, 3.8) is 0 Å². The molecule has 0 saturated carbocycles. The minimum atomic E-state index is -1.03. The van der Waals surface area contributed by atoms with Crippen LogP contribution < -0.4 is 0 Å².